The lowest BCUT2D eigenvalue weighted by Gasteiger charge is -2.20. The maximum Gasteiger partial charge on any atom is 0.240 e. The minimum Gasteiger partial charge on any atom is -0.325 e. The van der Waals surface area contributed by atoms with Gasteiger partial charge in [0.1, 0.15) is 0 Å². The van der Waals surface area contributed by atoms with E-state index in [9.17, 15) is 13.2 Å². The van der Waals surface area contributed by atoms with Crippen molar-refractivity contribution < 1.29 is 13.2 Å². The molecule has 0 atom stereocenters. The predicted octanol–water partition coefficient (Wildman–Crippen LogP) is 1.31. The summed E-state index contributed by atoms with van der Waals surface area (Å²) in [6.07, 6.45) is 0. The van der Waals surface area contributed by atoms with E-state index in [1.54, 1.807) is 19.1 Å². The summed E-state index contributed by atoms with van der Waals surface area (Å²) in [4.78, 5) is 11.9. The van der Waals surface area contributed by atoms with E-state index in [0.717, 1.165) is 0 Å². The third-order valence-electron chi connectivity index (χ3n) is 2.56. The molecule has 21 heavy (non-hydrogen) atoms. The molecule has 0 bridgehead atoms. The summed E-state index contributed by atoms with van der Waals surface area (Å²) in [6, 6.07) is 6.06. The fraction of sp³-hybridized carbons (Fsp3) is 0.500. The Morgan fingerprint density at radius 3 is 2.19 bits per heavy atom. The molecule has 118 valence electrons. The second-order valence-electron chi connectivity index (χ2n) is 5.68. The van der Waals surface area contributed by atoms with E-state index in [-0.39, 0.29) is 22.9 Å². The van der Waals surface area contributed by atoms with Crippen molar-refractivity contribution in [2.75, 3.05) is 18.4 Å². The van der Waals surface area contributed by atoms with Crippen LogP contribution in [0.5, 0.6) is 0 Å². The number of benzene rings is 1. The molecule has 1 aromatic carbocycles. The highest BCUT2D eigenvalue weighted by molar-refractivity contribution is 7.89. The monoisotopic (exact) mass is 313 g/mol. The number of hydrogen-bond acceptors (Lipinski definition) is 4. The van der Waals surface area contributed by atoms with Crippen LogP contribution in [0, 0.1) is 0 Å². The van der Waals surface area contributed by atoms with Gasteiger partial charge in [-0.3, -0.25) is 4.79 Å². The second-order valence-corrected chi connectivity index (χ2v) is 7.44. The van der Waals surface area contributed by atoms with E-state index in [0.29, 0.717) is 12.2 Å². The van der Waals surface area contributed by atoms with E-state index < -0.39 is 10.0 Å². The lowest BCUT2D eigenvalue weighted by molar-refractivity contribution is -0.115. The van der Waals surface area contributed by atoms with Gasteiger partial charge in [-0.25, -0.2) is 13.1 Å². The first-order valence-electron chi connectivity index (χ1n) is 6.78. The highest BCUT2D eigenvalue weighted by Crippen LogP contribution is 2.13. The average molecular weight is 313 g/mol. The third kappa shape index (κ3) is 6.24. The summed E-state index contributed by atoms with van der Waals surface area (Å²) in [7, 11) is -3.46. The van der Waals surface area contributed by atoms with Crippen LogP contribution in [0.25, 0.3) is 0 Å². The number of rotatable bonds is 6. The Kier molecular flexibility index (Phi) is 5.88. The first-order valence-corrected chi connectivity index (χ1v) is 8.27. The van der Waals surface area contributed by atoms with Crippen molar-refractivity contribution in [1.82, 2.24) is 10.0 Å². The largest absolute Gasteiger partial charge is 0.325 e. The normalized spacial score (nSPS) is 12.2. The molecule has 1 rings (SSSR count). The van der Waals surface area contributed by atoms with Crippen molar-refractivity contribution in [3.63, 3.8) is 0 Å². The molecule has 0 spiro atoms. The van der Waals surface area contributed by atoms with Crippen LogP contribution >= 0.6 is 0 Å². The number of anilines is 1. The van der Waals surface area contributed by atoms with Gasteiger partial charge < -0.3 is 10.6 Å². The van der Waals surface area contributed by atoms with E-state index in [1.165, 1.54) is 12.1 Å². The number of nitrogens with one attached hydrogen (secondary N) is 3. The molecule has 0 aliphatic carbocycles. The Labute approximate surface area is 126 Å². The zero-order valence-corrected chi connectivity index (χ0v) is 13.7. The van der Waals surface area contributed by atoms with Crippen molar-refractivity contribution in [3.8, 4) is 0 Å². The third-order valence-corrected chi connectivity index (χ3v) is 4.12. The first-order chi connectivity index (χ1) is 9.64. The molecule has 6 nitrogen and oxygen atoms in total. The van der Waals surface area contributed by atoms with Gasteiger partial charge in [0.15, 0.2) is 0 Å². The van der Waals surface area contributed by atoms with E-state index in [2.05, 4.69) is 15.4 Å². The zero-order chi connectivity index (χ0) is 16.1. The Balaban J connectivity index is 2.65. The molecule has 0 saturated carbocycles. The van der Waals surface area contributed by atoms with Crippen LogP contribution in [0.1, 0.15) is 27.7 Å². The van der Waals surface area contributed by atoms with Gasteiger partial charge in [0.25, 0.3) is 0 Å². The van der Waals surface area contributed by atoms with Crippen LogP contribution < -0.4 is 15.4 Å². The van der Waals surface area contributed by atoms with Crippen molar-refractivity contribution in [2.24, 2.45) is 0 Å². The maximum absolute atomic E-state index is 11.8. The van der Waals surface area contributed by atoms with E-state index in [1.807, 2.05) is 20.8 Å². The SMILES string of the molecule is CCNS(=O)(=O)c1ccc(NC(=O)CNC(C)(C)C)cc1. The molecule has 0 aliphatic heterocycles. The van der Waals surface area contributed by atoms with Crippen molar-refractivity contribution >= 4 is 21.6 Å². The predicted molar refractivity (Wildman–Crippen MR) is 83.7 cm³/mol. The minimum absolute atomic E-state index is 0.138. The van der Waals surface area contributed by atoms with Gasteiger partial charge in [-0.2, -0.15) is 0 Å². The van der Waals surface area contributed by atoms with Crippen LogP contribution in [0.4, 0.5) is 5.69 Å². The van der Waals surface area contributed by atoms with Gasteiger partial charge in [0, 0.05) is 17.8 Å². The zero-order valence-electron chi connectivity index (χ0n) is 12.9. The van der Waals surface area contributed by atoms with Crippen LogP contribution in [-0.4, -0.2) is 33.0 Å². The van der Waals surface area contributed by atoms with Gasteiger partial charge in [-0.1, -0.05) is 6.92 Å². The smallest absolute Gasteiger partial charge is 0.240 e. The Bertz CT molecular complexity index is 574. The molecular formula is C14H23N3O3S. The summed E-state index contributed by atoms with van der Waals surface area (Å²) in [6.45, 7) is 8.16. The first kappa shape index (κ1) is 17.6. The lowest BCUT2D eigenvalue weighted by Crippen LogP contribution is -2.41. The van der Waals surface area contributed by atoms with Crippen LogP contribution in [0.2, 0.25) is 0 Å². The summed E-state index contributed by atoms with van der Waals surface area (Å²) in [5.41, 5.74) is 0.423. The summed E-state index contributed by atoms with van der Waals surface area (Å²) >= 11 is 0. The Hall–Kier alpha value is -1.44. The summed E-state index contributed by atoms with van der Waals surface area (Å²) in [5, 5.41) is 5.78. The standard InChI is InChI=1S/C14H23N3O3S/c1-5-16-21(19,20)12-8-6-11(7-9-12)17-13(18)10-15-14(2,3)4/h6-9,15-16H,5,10H2,1-4H3,(H,17,18). The quantitative estimate of drug-likeness (QED) is 0.739. The van der Waals surface area contributed by atoms with Gasteiger partial charge in [0.05, 0.1) is 11.4 Å². The van der Waals surface area contributed by atoms with Gasteiger partial charge >= 0.3 is 0 Å². The summed E-state index contributed by atoms with van der Waals surface area (Å²) < 4.78 is 26.0. The summed E-state index contributed by atoms with van der Waals surface area (Å²) in [5.74, 6) is -0.174. The fourth-order valence-corrected chi connectivity index (χ4v) is 2.58. The second kappa shape index (κ2) is 7.02. The number of hydrogen-bond donors (Lipinski definition) is 3. The minimum atomic E-state index is -3.46. The Morgan fingerprint density at radius 2 is 1.71 bits per heavy atom. The van der Waals surface area contributed by atoms with Crippen molar-refractivity contribution in [1.29, 1.82) is 0 Å². The highest BCUT2D eigenvalue weighted by Gasteiger charge is 2.13. The van der Waals surface area contributed by atoms with Crippen LogP contribution in [0.15, 0.2) is 29.2 Å². The van der Waals surface area contributed by atoms with Gasteiger partial charge in [0.2, 0.25) is 15.9 Å². The highest BCUT2D eigenvalue weighted by atomic mass is 32.2. The topological polar surface area (TPSA) is 87.3 Å². The van der Waals surface area contributed by atoms with E-state index >= 15 is 0 Å². The molecule has 0 saturated heterocycles. The molecular weight excluding hydrogens is 290 g/mol. The molecule has 0 aliphatic rings. The number of carbonyl (C=O) groups excluding carboxylic acids is 1. The molecule has 1 amide bonds. The fourth-order valence-electron chi connectivity index (χ4n) is 1.54. The molecule has 0 fully saturated rings. The molecule has 0 unspecified atom stereocenters. The Morgan fingerprint density at radius 1 is 1.14 bits per heavy atom. The molecule has 3 N–H and O–H groups in total. The number of carbonyl (C=O) groups is 1. The molecule has 0 radical (unpaired) electrons. The maximum atomic E-state index is 11.8. The van der Waals surface area contributed by atoms with E-state index in [4.69, 9.17) is 0 Å². The van der Waals surface area contributed by atoms with Crippen molar-refractivity contribution in [3.05, 3.63) is 24.3 Å². The number of sulfonamides is 1. The molecule has 0 heterocycles. The van der Waals surface area contributed by atoms with Crippen LogP contribution in [0.3, 0.4) is 0 Å². The average Bonchev–Trinajstić information content (AvgIpc) is 2.36. The lowest BCUT2D eigenvalue weighted by atomic mass is 10.1. The molecule has 0 aromatic heterocycles. The van der Waals surface area contributed by atoms with Gasteiger partial charge in [-0.05, 0) is 45.0 Å². The van der Waals surface area contributed by atoms with Crippen LogP contribution in [-0.2, 0) is 14.8 Å². The van der Waals surface area contributed by atoms with Gasteiger partial charge in [-0.15, -0.1) is 0 Å². The van der Waals surface area contributed by atoms with Crippen molar-refractivity contribution in [2.45, 2.75) is 38.1 Å². The molecule has 1 aromatic rings. The number of amides is 1. The molecule has 7 heteroatoms.